The zero-order chi connectivity index (χ0) is 12.6. The lowest BCUT2D eigenvalue weighted by molar-refractivity contribution is -0.117. The number of ketones is 1. The van der Waals surface area contributed by atoms with Crippen LogP contribution >= 0.6 is 15.9 Å². The van der Waals surface area contributed by atoms with Crippen LogP contribution in [0, 0.1) is 11.3 Å². The molecule has 0 aromatic rings. The highest BCUT2D eigenvalue weighted by atomic mass is 79.9. The van der Waals surface area contributed by atoms with Gasteiger partial charge in [0.1, 0.15) is 0 Å². The van der Waals surface area contributed by atoms with Crippen molar-refractivity contribution in [2.45, 2.75) is 40.0 Å². The molecule has 2 atom stereocenters. The van der Waals surface area contributed by atoms with Crippen LogP contribution in [0.5, 0.6) is 0 Å². The van der Waals surface area contributed by atoms with E-state index in [4.69, 9.17) is 0 Å². The van der Waals surface area contributed by atoms with Gasteiger partial charge < -0.3 is 0 Å². The molecule has 0 radical (unpaired) electrons. The lowest BCUT2D eigenvalue weighted by atomic mass is 9.60. The molecule has 1 spiro atoms. The molecule has 0 aromatic heterocycles. The zero-order valence-electron chi connectivity index (χ0n) is 10.7. The van der Waals surface area contributed by atoms with E-state index < -0.39 is 0 Å². The smallest absolute Gasteiger partial charge is 0.158 e. The van der Waals surface area contributed by atoms with Gasteiger partial charge in [-0.2, -0.15) is 0 Å². The number of halogens is 1. The number of hydrogen-bond acceptors (Lipinski definition) is 1. The molecule has 2 aliphatic carbocycles. The van der Waals surface area contributed by atoms with Gasteiger partial charge in [0, 0.05) is 11.8 Å². The van der Waals surface area contributed by atoms with Crippen LogP contribution in [-0.4, -0.2) is 5.78 Å². The van der Waals surface area contributed by atoms with Crippen molar-refractivity contribution in [3.63, 3.8) is 0 Å². The van der Waals surface area contributed by atoms with Crippen molar-refractivity contribution in [3.05, 3.63) is 33.9 Å². The van der Waals surface area contributed by atoms with Crippen molar-refractivity contribution in [2.75, 3.05) is 0 Å². The summed E-state index contributed by atoms with van der Waals surface area (Å²) in [5.74, 6) is 0.752. The van der Waals surface area contributed by atoms with E-state index in [9.17, 15) is 4.79 Å². The normalized spacial score (nSPS) is 36.1. The molecular formula is C15H19BrO. The Kier molecular flexibility index (Phi) is 3.44. The zero-order valence-corrected chi connectivity index (χ0v) is 12.3. The lowest BCUT2D eigenvalue weighted by Gasteiger charge is -2.44. The molecule has 17 heavy (non-hydrogen) atoms. The van der Waals surface area contributed by atoms with Gasteiger partial charge in [-0.3, -0.25) is 4.79 Å². The van der Waals surface area contributed by atoms with Crippen LogP contribution in [0.1, 0.15) is 40.0 Å². The van der Waals surface area contributed by atoms with E-state index in [-0.39, 0.29) is 5.41 Å². The summed E-state index contributed by atoms with van der Waals surface area (Å²) in [6.07, 6.45) is 7.44. The molecule has 2 unspecified atom stereocenters. The minimum atomic E-state index is 0.123. The van der Waals surface area contributed by atoms with Crippen LogP contribution in [0.3, 0.4) is 0 Å². The van der Waals surface area contributed by atoms with Crippen molar-refractivity contribution < 1.29 is 4.79 Å². The molecule has 92 valence electrons. The second-order valence-electron chi connectivity index (χ2n) is 5.34. The summed E-state index contributed by atoms with van der Waals surface area (Å²) in [5, 5.41) is 0. The molecular weight excluding hydrogens is 276 g/mol. The van der Waals surface area contributed by atoms with E-state index in [1.807, 2.05) is 11.9 Å². The largest absolute Gasteiger partial charge is 0.295 e. The molecule has 0 aromatic carbocycles. The van der Waals surface area contributed by atoms with Crippen molar-refractivity contribution in [1.82, 2.24) is 0 Å². The van der Waals surface area contributed by atoms with Crippen molar-refractivity contribution >= 4 is 21.7 Å². The van der Waals surface area contributed by atoms with E-state index in [1.165, 1.54) is 11.1 Å². The first-order valence-corrected chi connectivity index (χ1v) is 7.12. The Bertz CT molecular complexity index is 442. The number of allylic oxidation sites excluding steroid dienone is 5. The summed E-state index contributed by atoms with van der Waals surface area (Å²) < 4.78 is 0. The van der Waals surface area contributed by atoms with Gasteiger partial charge in [-0.1, -0.05) is 40.6 Å². The first-order chi connectivity index (χ1) is 8.01. The van der Waals surface area contributed by atoms with Gasteiger partial charge in [0.05, 0.1) is 0 Å². The van der Waals surface area contributed by atoms with Crippen LogP contribution in [0.2, 0.25) is 0 Å². The van der Waals surface area contributed by atoms with Gasteiger partial charge >= 0.3 is 0 Å². The van der Waals surface area contributed by atoms with Crippen molar-refractivity contribution in [1.29, 1.82) is 0 Å². The highest BCUT2D eigenvalue weighted by Crippen LogP contribution is 2.50. The van der Waals surface area contributed by atoms with Gasteiger partial charge in [0.15, 0.2) is 5.78 Å². The number of carbonyl (C=O) groups excluding carboxylic acids is 1. The molecule has 1 nitrogen and oxygen atoms in total. The Hall–Kier alpha value is -0.630. The molecule has 2 rings (SSSR count). The molecule has 0 saturated carbocycles. The van der Waals surface area contributed by atoms with Gasteiger partial charge in [-0.05, 0) is 48.7 Å². The molecule has 0 saturated heterocycles. The molecule has 0 aliphatic heterocycles. The van der Waals surface area contributed by atoms with E-state index in [0.29, 0.717) is 18.1 Å². The van der Waals surface area contributed by atoms with Gasteiger partial charge in [-0.15, -0.1) is 0 Å². The highest BCUT2D eigenvalue weighted by Gasteiger charge is 2.42. The molecule has 2 heteroatoms. The third kappa shape index (κ3) is 1.97. The minimum Gasteiger partial charge on any atom is -0.295 e. The van der Waals surface area contributed by atoms with Gasteiger partial charge in [0.25, 0.3) is 0 Å². The summed E-state index contributed by atoms with van der Waals surface area (Å²) in [6.45, 7) is 6.33. The van der Waals surface area contributed by atoms with Crippen LogP contribution in [0.4, 0.5) is 0 Å². The molecule has 0 fully saturated rings. The Labute approximate surface area is 112 Å². The topological polar surface area (TPSA) is 17.1 Å². The Morgan fingerprint density at radius 1 is 1.47 bits per heavy atom. The molecule has 0 amide bonds. The average Bonchev–Trinajstić information content (AvgIpc) is 2.35. The van der Waals surface area contributed by atoms with Crippen molar-refractivity contribution in [3.8, 4) is 0 Å². The summed E-state index contributed by atoms with van der Waals surface area (Å²) in [6, 6.07) is 0. The molecule has 2 aliphatic rings. The van der Waals surface area contributed by atoms with E-state index >= 15 is 0 Å². The monoisotopic (exact) mass is 294 g/mol. The average molecular weight is 295 g/mol. The first-order valence-electron chi connectivity index (χ1n) is 6.21. The van der Waals surface area contributed by atoms with Crippen LogP contribution < -0.4 is 0 Å². The fraction of sp³-hybridized carbons (Fsp3) is 0.533. The maximum atomic E-state index is 11.9. The SMILES string of the molecule is CC1=C(C)C2(C=C/C(=C/Br)CC2)C(C)CC1=O. The third-order valence-electron chi connectivity index (χ3n) is 4.61. The van der Waals surface area contributed by atoms with E-state index in [2.05, 4.69) is 41.9 Å². The second-order valence-corrected chi connectivity index (χ2v) is 5.79. The number of hydrogen-bond donors (Lipinski definition) is 0. The number of Topliss-reactive ketones (excluding diaryl/α,β-unsaturated/α-hetero) is 1. The second kappa shape index (κ2) is 4.56. The maximum Gasteiger partial charge on any atom is 0.158 e. The summed E-state index contributed by atoms with van der Waals surface area (Å²) >= 11 is 3.40. The quantitative estimate of drug-likeness (QED) is 0.641. The maximum absolute atomic E-state index is 11.9. The van der Waals surface area contributed by atoms with E-state index in [0.717, 1.165) is 18.4 Å². The summed E-state index contributed by atoms with van der Waals surface area (Å²) in [4.78, 5) is 13.9. The van der Waals surface area contributed by atoms with Crippen LogP contribution in [-0.2, 0) is 4.79 Å². The molecule has 0 bridgehead atoms. The fourth-order valence-corrected chi connectivity index (χ4v) is 3.51. The third-order valence-corrected chi connectivity index (χ3v) is 5.20. The Morgan fingerprint density at radius 2 is 2.18 bits per heavy atom. The van der Waals surface area contributed by atoms with E-state index in [1.54, 1.807) is 0 Å². The summed E-state index contributed by atoms with van der Waals surface area (Å²) in [7, 11) is 0. The number of rotatable bonds is 0. The standard InChI is InChI=1S/C15H19BrO/c1-10-8-14(17)11(2)12(3)15(10)6-4-13(9-16)5-7-15/h4,6,9-10H,5,7-8H2,1-3H3/b13-9-. The Morgan fingerprint density at radius 3 is 2.71 bits per heavy atom. The van der Waals surface area contributed by atoms with Gasteiger partial charge in [0.2, 0.25) is 0 Å². The van der Waals surface area contributed by atoms with Crippen LogP contribution in [0.15, 0.2) is 33.9 Å². The minimum absolute atomic E-state index is 0.123. The predicted molar refractivity (Wildman–Crippen MR) is 75.0 cm³/mol. The lowest BCUT2D eigenvalue weighted by Crippen LogP contribution is -2.36. The first kappa shape index (κ1) is 12.8. The fourth-order valence-electron chi connectivity index (χ4n) is 3.13. The highest BCUT2D eigenvalue weighted by molar-refractivity contribution is 9.11. The molecule has 0 heterocycles. The van der Waals surface area contributed by atoms with Gasteiger partial charge in [-0.25, -0.2) is 0 Å². The van der Waals surface area contributed by atoms with Crippen LogP contribution in [0.25, 0.3) is 0 Å². The number of carbonyl (C=O) groups is 1. The van der Waals surface area contributed by atoms with Crippen molar-refractivity contribution in [2.24, 2.45) is 11.3 Å². The summed E-state index contributed by atoms with van der Waals surface area (Å²) in [5.41, 5.74) is 3.73. The molecule has 0 N–H and O–H groups in total. The predicted octanol–water partition coefficient (Wildman–Crippen LogP) is 4.55. The Balaban J connectivity index is 2.47.